The van der Waals surface area contributed by atoms with Gasteiger partial charge < -0.3 is 14.6 Å². The summed E-state index contributed by atoms with van der Waals surface area (Å²) in [5.41, 5.74) is 2.27. The summed E-state index contributed by atoms with van der Waals surface area (Å²) in [6.45, 7) is 2.80. The molecule has 2 aliphatic rings. The fraction of sp³-hybridized carbons (Fsp3) is 0.500. The molecule has 24 heavy (non-hydrogen) atoms. The number of carbonyl (C=O) groups excluding carboxylic acids is 2. The molecule has 1 aliphatic carbocycles. The second-order valence-corrected chi connectivity index (χ2v) is 6.80. The number of fused-ring (bicyclic) bond motifs is 1. The van der Waals surface area contributed by atoms with Crippen molar-refractivity contribution in [2.75, 3.05) is 18.4 Å². The van der Waals surface area contributed by atoms with E-state index in [0.29, 0.717) is 12.5 Å². The topological polar surface area (TPSA) is 75.4 Å². The number of benzene rings is 1. The minimum absolute atomic E-state index is 0.0316. The number of nitrogens with zero attached hydrogens (tertiary/aromatic N) is 2. The smallest absolute Gasteiger partial charge is 0.229 e. The number of amides is 2. The van der Waals surface area contributed by atoms with Crippen LogP contribution in [0.4, 0.5) is 5.69 Å². The van der Waals surface area contributed by atoms with Gasteiger partial charge >= 0.3 is 0 Å². The number of likely N-dealkylation sites (tertiary alicyclic amines) is 1. The summed E-state index contributed by atoms with van der Waals surface area (Å²) in [7, 11) is 0. The largest absolute Gasteiger partial charge is 0.440 e. The molecule has 4 rings (SSSR count). The molecule has 1 saturated carbocycles. The Labute approximate surface area is 140 Å². The molecule has 1 aromatic heterocycles. The molecular weight excluding hydrogens is 306 g/mol. The number of anilines is 1. The highest BCUT2D eigenvalue weighted by atomic mass is 16.3. The van der Waals surface area contributed by atoms with Crippen LogP contribution in [0, 0.1) is 5.92 Å². The van der Waals surface area contributed by atoms with Gasteiger partial charge in [0.15, 0.2) is 11.5 Å². The molecule has 1 aliphatic heterocycles. The quantitative estimate of drug-likeness (QED) is 0.940. The van der Waals surface area contributed by atoms with Gasteiger partial charge in [0, 0.05) is 31.6 Å². The average Bonchev–Trinajstić information content (AvgIpc) is 3.34. The highest BCUT2D eigenvalue weighted by Crippen LogP contribution is 2.40. The summed E-state index contributed by atoms with van der Waals surface area (Å²) in [6.07, 6.45) is 3.97. The molecule has 126 valence electrons. The van der Waals surface area contributed by atoms with Crippen LogP contribution in [0.15, 0.2) is 22.6 Å². The number of hydrogen-bond acceptors (Lipinski definition) is 4. The molecule has 1 aromatic carbocycles. The van der Waals surface area contributed by atoms with E-state index in [0.717, 1.165) is 54.9 Å². The number of aromatic nitrogens is 1. The number of carbonyl (C=O) groups is 2. The van der Waals surface area contributed by atoms with Gasteiger partial charge in [0.25, 0.3) is 0 Å². The minimum atomic E-state index is -0.155. The summed E-state index contributed by atoms with van der Waals surface area (Å²) in [5, 5.41) is 2.96. The first kappa shape index (κ1) is 15.2. The maximum Gasteiger partial charge on any atom is 0.229 e. The maximum absolute atomic E-state index is 12.5. The highest BCUT2D eigenvalue weighted by molar-refractivity contribution is 5.94. The molecule has 2 amide bonds. The summed E-state index contributed by atoms with van der Waals surface area (Å²) in [6, 6.07) is 5.55. The monoisotopic (exact) mass is 327 g/mol. The first-order valence-electron chi connectivity index (χ1n) is 8.57. The van der Waals surface area contributed by atoms with Gasteiger partial charge in [0.2, 0.25) is 11.8 Å². The zero-order valence-electron chi connectivity index (χ0n) is 13.7. The molecule has 1 atom stereocenters. The van der Waals surface area contributed by atoms with Crippen molar-refractivity contribution in [1.29, 1.82) is 0 Å². The zero-order valence-corrected chi connectivity index (χ0v) is 13.7. The Morgan fingerprint density at radius 2 is 2.12 bits per heavy atom. The highest BCUT2D eigenvalue weighted by Gasteiger charge is 2.29. The van der Waals surface area contributed by atoms with Crippen molar-refractivity contribution in [2.45, 2.75) is 38.5 Å². The normalized spacial score (nSPS) is 21.0. The Hall–Kier alpha value is -2.37. The molecule has 6 heteroatoms. The summed E-state index contributed by atoms with van der Waals surface area (Å²) < 4.78 is 5.74. The summed E-state index contributed by atoms with van der Waals surface area (Å²) in [4.78, 5) is 30.3. The maximum atomic E-state index is 12.5. The lowest BCUT2D eigenvalue weighted by molar-refractivity contribution is -0.132. The molecule has 1 saturated heterocycles. The van der Waals surface area contributed by atoms with Crippen LogP contribution in [-0.2, 0) is 9.59 Å². The van der Waals surface area contributed by atoms with E-state index >= 15 is 0 Å². The molecule has 2 fully saturated rings. The number of hydrogen-bond donors (Lipinski definition) is 1. The molecule has 2 aromatic rings. The predicted octanol–water partition coefficient (Wildman–Crippen LogP) is 2.90. The first-order valence-corrected chi connectivity index (χ1v) is 8.57. The van der Waals surface area contributed by atoms with Gasteiger partial charge in [0.05, 0.1) is 5.92 Å². The Bertz CT molecular complexity index is 794. The van der Waals surface area contributed by atoms with Crippen LogP contribution < -0.4 is 5.32 Å². The van der Waals surface area contributed by atoms with E-state index in [1.165, 1.54) is 0 Å². The van der Waals surface area contributed by atoms with Gasteiger partial charge in [0.1, 0.15) is 5.52 Å². The molecule has 6 nitrogen and oxygen atoms in total. The molecule has 0 spiro atoms. The van der Waals surface area contributed by atoms with Crippen molar-refractivity contribution in [3.05, 3.63) is 24.1 Å². The number of nitrogens with one attached hydrogen (secondary N) is 1. The van der Waals surface area contributed by atoms with Crippen LogP contribution in [0.5, 0.6) is 0 Å². The van der Waals surface area contributed by atoms with Crippen molar-refractivity contribution in [1.82, 2.24) is 9.88 Å². The first-order chi connectivity index (χ1) is 11.6. The van der Waals surface area contributed by atoms with Crippen molar-refractivity contribution in [3.8, 4) is 0 Å². The molecule has 0 unspecified atom stereocenters. The molecule has 2 heterocycles. The molecular formula is C18H21N3O3. The SMILES string of the molecule is CC(=O)N1CCC[C@@H](C(=O)Nc2ccc3oc(C4CC4)nc3c2)C1. The Kier molecular flexibility index (Phi) is 3.75. The number of oxazole rings is 1. The Balaban J connectivity index is 1.46. The third-order valence-corrected chi connectivity index (χ3v) is 4.84. The lowest BCUT2D eigenvalue weighted by Gasteiger charge is -2.31. The second kappa shape index (κ2) is 5.92. The van der Waals surface area contributed by atoms with E-state index in [2.05, 4.69) is 10.3 Å². The van der Waals surface area contributed by atoms with Crippen molar-refractivity contribution >= 4 is 28.6 Å². The van der Waals surface area contributed by atoms with Crippen molar-refractivity contribution < 1.29 is 14.0 Å². The summed E-state index contributed by atoms with van der Waals surface area (Å²) >= 11 is 0. The van der Waals surface area contributed by atoms with Crippen LogP contribution in [0.25, 0.3) is 11.1 Å². The number of rotatable bonds is 3. The van der Waals surface area contributed by atoms with E-state index in [4.69, 9.17) is 4.42 Å². The molecule has 0 bridgehead atoms. The molecule has 0 radical (unpaired) electrons. The summed E-state index contributed by atoms with van der Waals surface area (Å²) in [5.74, 6) is 1.11. The fourth-order valence-corrected chi connectivity index (χ4v) is 3.25. The van der Waals surface area contributed by atoms with E-state index in [-0.39, 0.29) is 17.7 Å². The van der Waals surface area contributed by atoms with Crippen LogP contribution in [0.3, 0.4) is 0 Å². The Morgan fingerprint density at radius 3 is 2.88 bits per heavy atom. The van der Waals surface area contributed by atoms with Gasteiger partial charge in [-0.2, -0.15) is 0 Å². The third kappa shape index (κ3) is 3.00. The third-order valence-electron chi connectivity index (χ3n) is 4.84. The van der Waals surface area contributed by atoms with E-state index in [1.54, 1.807) is 11.8 Å². The van der Waals surface area contributed by atoms with E-state index in [9.17, 15) is 9.59 Å². The van der Waals surface area contributed by atoms with Crippen molar-refractivity contribution in [2.24, 2.45) is 5.92 Å². The Morgan fingerprint density at radius 1 is 1.29 bits per heavy atom. The fourth-order valence-electron chi connectivity index (χ4n) is 3.25. The van der Waals surface area contributed by atoms with Gasteiger partial charge in [-0.05, 0) is 43.9 Å². The van der Waals surface area contributed by atoms with E-state index < -0.39 is 0 Å². The van der Waals surface area contributed by atoms with Gasteiger partial charge in [-0.25, -0.2) is 4.98 Å². The number of piperidine rings is 1. The van der Waals surface area contributed by atoms with Gasteiger partial charge in [-0.3, -0.25) is 9.59 Å². The van der Waals surface area contributed by atoms with Crippen LogP contribution in [0.1, 0.15) is 44.4 Å². The van der Waals surface area contributed by atoms with Gasteiger partial charge in [-0.15, -0.1) is 0 Å². The molecule has 1 N–H and O–H groups in total. The predicted molar refractivity (Wildman–Crippen MR) is 89.6 cm³/mol. The minimum Gasteiger partial charge on any atom is -0.440 e. The van der Waals surface area contributed by atoms with Crippen LogP contribution in [0.2, 0.25) is 0 Å². The second-order valence-electron chi connectivity index (χ2n) is 6.80. The van der Waals surface area contributed by atoms with Gasteiger partial charge in [-0.1, -0.05) is 0 Å². The lowest BCUT2D eigenvalue weighted by atomic mass is 9.97. The standard InChI is InChI=1S/C18H21N3O3/c1-11(22)21-8-2-3-13(10-21)17(23)19-14-6-7-16-15(9-14)20-18(24-16)12-4-5-12/h6-7,9,12-13H,2-5,8,10H2,1H3,(H,19,23)/t13-/m1/s1. The van der Waals surface area contributed by atoms with E-state index in [1.807, 2.05) is 18.2 Å². The van der Waals surface area contributed by atoms with Crippen molar-refractivity contribution in [3.63, 3.8) is 0 Å². The average molecular weight is 327 g/mol. The zero-order chi connectivity index (χ0) is 16.7. The van der Waals surface area contributed by atoms with Crippen LogP contribution >= 0.6 is 0 Å². The lowest BCUT2D eigenvalue weighted by Crippen LogP contribution is -2.42. The van der Waals surface area contributed by atoms with Crippen LogP contribution in [-0.4, -0.2) is 34.8 Å².